The van der Waals surface area contributed by atoms with E-state index < -0.39 is 0 Å². The van der Waals surface area contributed by atoms with Gasteiger partial charge in [-0.15, -0.1) is 4.40 Å². The number of fused-ring (bicyclic) bond motifs is 2. The molecule has 0 aromatic carbocycles. The summed E-state index contributed by atoms with van der Waals surface area (Å²) in [6.45, 7) is 4.78. The zero-order valence-electron chi connectivity index (χ0n) is 11.1. The van der Waals surface area contributed by atoms with Crippen molar-refractivity contribution in [3.63, 3.8) is 0 Å². The molecule has 0 saturated heterocycles. The van der Waals surface area contributed by atoms with Crippen molar-refractivity contribution < 1.29 is 4.57 Å². The van der Waals surface area contributed by atoms with Crippen LogP contribution in [-0.2, 0) is 6.54 Å². The summed E-state index contributed by atoms with van der Waals surface area (Å²) in [5, 5.41) is 8.64. The highest BCUT2D eigenvalue weighted by molar-refractivity contribution is 5.45. The van der Waals surface area contributed by atoms with Crippen LogP contribution in [0.3, 0.4) is 0 Å². The van der Waals surface area contributed by atoms with Crippen LogP contribution in [0.25, 0.3) is 11.9 Å². The molecule has 0 spiro atoms. The molecule has 0 saturated carbocycles. The molecule has 0 amide bonds. The third-order valence-corrected chi connectivity index (χ3v) is 3.41. The first kappa shape index (κ1) is 12.0. The summed E-state index contributed by atoms with van der Waals surface area (Å²) in [6.07, 6.45) is 6.91. The van der Waals surface area contributed by atoms with E-state index in [-0.39, 0.29) is 5.56 Å². The van der Waals surface area contributed by atoms with Crippen LogP contribution in [0, 0.1) is 6.92 Å². The molecule has 0 N–H and O–H groups in total. The average molecular weight is 258 g/mol. The van der Waals surface area contributed by atoms with Crippen LogP contribution < -0.4 is 15.5 Å². The fourth-order valence-corrected chi connectivity index (χ4v) is 2.43. The van der Waals surface area contributed by atoms with Crippen molar-refractivity contribution in [3.8, 4) is 0 Å². The minimum atomic E-state index is -0.135. The molecule has 0 unspecified atom stereocenters. The van der Waals surface area contributed by atoms with Crippen molar-refractivity contribution in [1.29, 1.82) is 0 Å². The molecular weight excluding hydrogens is 242 g/mol. The molecule has 0 aliphatic carbocycles. The number of aryl methyl sites for hydroxylation is 2. The Morgan fingerprint density at radius 3 is 2.95 bits per heavy atom. The molecule has 2 aromatic rings. The first-order valence-corrected chi connectivity index (χ1v) is 6.60. The molecular formula is C13H16N5O+. The maximum Gasteiger partial charge on any atom is 0.431 e. The number of nitrogens with zero attached hydrogens (tertiary/aromatic N) is 5. The summed E-state index contributed by atoms with van der Waals surface area (Å²) in [4.78, 5) is 16.5. The second kappa shape index (κ2) is 4.53. The third kappa shape index (κ3) is 1.75. The maximum absolute atomic E-state index is 12.3. The van der Waals surface area contributed by atoms with E-state index in [1.807, 2.05) is 10.6 Å². The van der Waals surface area contributed by atoms with Crippen LogP contribution in [0.1, 0.15) is 37.7 Å². The van der Waals surface area contributed by atoms with E-state index >= 15 is 0 Å². The zero-order valence-corrected chi connectivity index (χ0v) is 11.1. The summed E-state index contributed by atoms with van der Waals surface area (Å²) < 4.78 is 3.58. The minimum Gasteiger partial charge on any atom is -0.248 e. The van der Waals surface area contributed by atoms with E-state index in [1.54, 1.807) is 17.5 Å². The van der Waals surface area contributed by atoms with Gasteiger partial charge in [0.25, 0.3) is 0 Å². The zero-order chi connectivity index (χ0) is 13.4. The van der Waals surface area contributed by atoms with Crippen molar-refractivity contribution in [2.75, 3.05) is 0 Å². The number of hydrogen-bond donors (Lipinski definition) is 0. The van der Waals surface area contributed by atoms with Crippen LogP contribution >= 0.6 is 0 Å². The molecule has 3 rings (SSSR count). The van der Waals surface area contributed by atoms with E-state index in [9.17, 15) is 4.79 Å². The molecule has 3 heterocycles. The first-order valence-electron chi connectivity index (χ1n) is 6.60. The monoisotopic (exact) mass is 258 g/mol. The number of hydrogen-bond acceptors (Lipinski definition) is 4. The van der Waals surface area contributed by atoms with Gasteiger partial charge in [-0.25, -0.2) is 14.4 Å². The SMILES string of the molecule is CCCCC[n+]1c2c(c(=O)n3c(C)nnc31)=NC=C2. The number of rotatable bonds is 4. The van der Waals surface area contributed by atoms with Crippen molar-refractivity contribution in [1.82, 2.24) is 14.6 Å². The van der Waals surface area contributed by atoms with Gasteiger partial charge in [-0.05, 0) is 17.6 Å². The predicted octanol–water partition coefficient (Wildman–Crippen LogP) is 0.198. The van der Waals surface area contributed by atoms with Gasteiger partial charge in [0.05, 0.1) is 6.54 Å². The van der Waals surface area contributed by atoms with E-state index in [0.29, 0.717) is 17.0 Å². The predicted molar refractivity (Wildman–Crippen MR) is 69.5 cm³/mol. The van der Waals surface area contributed by atoms with E-state index in [4.69, 9.17) is 0 Å². The molecule has 6 nitrogen and oxygen atoms in total. The Balaban J connectivity index is 2.26. The summed E-state index contributed by atoms with van der Waals surface area (Å²) >= 11 is 0. The summed E-state index contributed by atoms with van der Waals surface area (Å²) in [5.41, 5.74) is 0.713. The van der Waals surface area contributed by atoms with Crippen molar-refractivity contribution in [2.24, 2.45) is 4.99 Å². The van der Waals surface area contributed by atoms with Crippen LogP contribution in [0.4, 0.5) is 0 Å². The quantitative estimate of drug-likeness (QED) is 0.581. The molecule has 98 valence electrons. The van der Waals surface area contributed by atoms with Crippen LogP contribution in [0.5, 0.6) is 0 Å². The topological polar surface area (TPSA) is 63.5 Å². The van der Waals surface area contributed by atoms with Crippen LogP contribution in [-0.4, -0.2) is 14.6 Å². The molecule has 0 radical (unpaired) electrons. The first-order chi connectivity index (χ1) is 9.24. The largest absolute Gasteiger partial charge is 0.431 e. The van der Waals surface area contributed by atoms with E-state index in [0.717, 1.165) is 31.5 Å². The van der Waals surface area contributed by atoms with Gasteiger partial charge >= 0.3 is 11.3 Å². The van der Waals surface area contributed by atoms with Gasteiger partial charge in [-0.1, -0.05) is 19.8 Å². The highest BCUT2D eigenvalue weighted by Crippen LogP contribution is 2.01. The Bertz CT molecular complexity index is 775. The summed E-state index contributed by atoms with van der Waals surface area (Å²) in [6, 6.07) is 0. The van der Waals surface area contributed by atoms with Gasteiger partial charge in [-0.2, -0.15) is 0 Å². The Morgan fingerprint density at radius 1 is 1.32 bits per heavy atom. The molecule has 6 heteroatoms. The molecule has 0 bridgehead atoms. The number of aromatic nitrogens is 4. The highest BCUT2D eigenvalue weighted by Gasteiger charge is 2.24. The lowest BCUT2D eigenvalue weighted by Gasteiger charge is -2.04. The summed E-state index contributed by atoms with van der Waals surface area (Å²) in [5.74, 6) is 1.22. The van der Waals surface area contributed by atoms with Gasteiger partial charge in [0, 0.05) is 18.2 Å². The minimum absolute atomic E-state index is 0.135. The van der Waals surface area contributed by atoms with Crippen molar-refractivity contribution in [3.05, 3.63) is 33.4 Å². The normalized spacial score (nSPS) is 12.9. The second-order valence-corrected chi connectivity index (χ2v) is 4.73. The maximum atomic E-state index is 12.3. The van der Waals surface area contributed by atoms with Gasteiger partial charge in [0.15, 0.2) is 5.36 Å². The number of unbranched alkanes of at least 4 members (excludes halogenated alkanes) is 2. The molecule has 0 atom stereocenters. The van der Waals surface area contributed by atoms with E-state index in [1.165, 1.54) is 0 Å². The van der Waals surface area contributed by atoms with Crippen molar-refractivity contribution >= 4 is 11.9 Å². The van der Waals surface area contributed by atoms with Crippen LogP contribution in [0.2, 0.25) is 0 Å². The molecule has 0 fully saturated rings. The van der Waals surface area contributed by atoms with Gasteiger partial charge in [0.1, 0.15) is 5.69 Å². The fraction of sp³-hybridized carbons (Fsp3) is 0.462. The smallest absolute Gasteiger partial charge is 0.248 e. The lowest BCUT2D eigenvalue weighted by Crippen LogP contribution is -2.50. The molecule has 19 heavy (non-hydrogen) atoms. The Labute approximate surface area is 110 Å². The summed E-state index contributed by atoms with van der Waals surface area (Å²) in [7, 11) is 0. The second-order valence-electron chi connectivity index (χ2n) is 4.73. The van der Waals surface area contributed by atoms with Crippen LogP contribution in [0.15, 0.2) is 16.0 Å². The lowest BCUT2D eigenvalue weighted by atomic mass is 10.2. The van der Waals surface area contributed by atoms with Gasteiger partial charge in [-0.3, -0.25) is 0 Å². The van der Waals surface area contributed by atoms with Gasteiger partial charge < -0.3 is 0 Å². The fourth-order valence-electron chi connectivity index (χ4n) is 2.43. The Morgan fingerprint density at radius 2 is 2.16 bits per heavy atom. The highest BCUT2D eigenvalue weighted by atomic mass is 16.1. The molecule has 1 aliphatic rings. The van der Waals surface area contributed by atoms with Crippen molar-refractivity contribution in [2.45, 2.75) is 39.7 Å². The molecule has 2 aromatic heterocycles. The third-order valence-electron chi connectivity index (χ3n) is 3.41. The Kier molecular flexibility index (Phi) is 2.85. The average Bonchev–Trinajstić information content (AvgIpc) is 3.01. The molecule has 1 aliphatic heterocycles. The standard InChI is InChI=1S/C13H16N5O/c1-3-4-5-8-17-10-6-7-14-11(10)12(19)18-9(2)15-16-13(17)18/h6-7H,3-5,8H2,1-2H3/q+1. The Hall–Kier alpha value is -2.11. The lowest BCUT2D eigenvalue weighted by molar-refractivity contribution is -0.679. The van der Waals surface area contributed by atoms with E-state index in [2.05, 4.69) is 22.1 Å². The van der Waals surface area contributed by atoms with Gasteiger partial charge in [0.2, 0.25) is 5.82 Å².